The van der Waals surface area contributed by atoms with Gasteiger partial charge in [-0.15, -0.1) is 0 Å². The number of hydrogen-bond acceptors (Lipinski definition) is 5. The summed E-state index contributed by atoms with van der Waals surface area (Å²) in [6.07, 6.45) is 1.69. The van der Waals surface area contributed by atoms with Crippen LogP contribution in [0.25, 0.3) is 11.1 Å². The minimum absolute atomic E-state index is 0.0332. The highest BCUT2D eigenvalue weighted by atomic mass is 35.5. The number of halogens is 1. The molecule has 1 atom stereocenters. The Morgan fingerprint density at radius 1 is 1.28 bits per heavy atom. The summed E-state index contributed by atoms with van der Waals surface area (Å²) in [6, 6.07) is 8.63. The van der Waals surface area contributed by atoms with Gasteiger partial charge in [-0.2, -0.15) is 0 Å². The normalized spacial score (nSPS) is 16.8. The van der Waals surface area contributed by atoms with Crippen LogP contribution in [-0.4, -0.2) is 47.0 Å². The number of pyridine rings is 1. The lowest BCUT2D eigenvalue weighted by Crippen LogP contribution is -2.39. The van der Waals surface area contributed by atoms with E-state index in [0.29, 0.717) is 51.7 Å². The van der Waals surface area contributed by atoms with E-state index in [1.54, 1.807) is 44.3 Å². The summed E-state index contributed by atoms with van der Waals surface area (Å²) >= 11 is 5.93. The van der Waals surface area contributed by atoms with E-state index in [0.717, 1.165) is 12.8 Å². The average Bonchev–Trinajstić information content (AvgIpc) is 3.16. The van der Waals surface area contributed by atoms with Crippen molar-refractivity contribution >= 4 is 34.5 Å². The maximum atomic E-state index is 12.9. The molecule has 1 fully saturated rings. The summed E-state index contributed by atoms with van der Waals surface area (Å²) in [5, 5.41) is 8.12. The molecule has 0 bridgehead atoms. The Morgan fingerprint density at radius 3 is 2.76 bits per heavy atom. The largest absolute Gasteiger partial charge is 0.355 e. The lowest BCUT2D eigenvalue weighted by atomic mass is 9.91. The van der Waals surface area contributed by atoms with Crippen LogP contribution in [-0.2, 0) is 0 Å². The standard InChI is InChI=1S/C21H21ClN4O3/c1-12-10-16(19(27)23-2)17-18(25-29-20(17)24-12)14-4-3-9-26(11-14)21(28)13-5-7-15(22)8-6-13/h5-8,10,14H,3-4,9,11H2,1-2H3,(H,23,27). The number of nitrogens with one attached hydrogen (secondary N) is 1. The van der Waals surface area contributed by atoms with E-state index < -0.39 is 0 Å². The molecule has 7 nitrogen and oxygen atoms in total. The van der Waals surface area contributed by atoms with Gasteiger partial charge in [-0.05, 0) is 50.1 Å². The Bertz CT molecular complexity index is 1080. The van der Waals surface area contributed by atoms with Crippen molar-refractivity contribution in [2.24, 2.45) is 0 Å². The third-order valence-electron chi connectivity index (χ3n) is 5.26. The summed E-state index contributed by atoms with van der Waals surface area (Å²) in [4.78, 5) is 31.5. The first kappa shape index (κ1) is 19.4. The van der Waals surface area contributed by atoms with Gasteiger partial charge in [-0.3, -0.25) is 9.59 Å². The van der Waals surface area contributed by atoms with Gasteiger partial charge in [0.1, 0.15) is 0 Å². The fourth-order valence-corrected chi connectivity index (χ4v) is 3.97. The summed E-state index contributed by atoms with van der Waals surface area (Å²) < 4.78 is 5.45. The molecule has 8 heteroatoms. The minimum Gasteiger partial charge on any atom is -0.355 e. The molecule has 4 rings (SSSR count). The van der Waals surface area contributed by atoms with Crippen LogP contribution >= 0.6 is 11.6 Å². The number of aromatic nitrogens is 2. The minimum atomic E-state index is -0.213. The first-order valence-electron chi connectivity index (χ1n) is 9.51. The van der Waals surface area contributed by atoms with Gasteiger partial charge in [0.25, 0.3) is 17.5 Å². The van der Waals surface area contributed by atoms with Gasteiger partial charge in [0.15, 0.2) is 0 Å². The molecule has 1 aliphatic rings. The third kappa shape index (κ3) is 3.70. The number of fused-ring (bicyclic) bond motifs is 1. The number of nitrogens with zero attached hydrogens (tertiary/aromatic N) is 3. The second-order valence-electron chi connectivity index (χ2n) is 7.24. The number of likely N-dealkylation sites (tertiary alicyclic amines) is 1. The van der Waals surface area contributed by atoms with E-state index in [2.05, 4.69) is 15.5 Å². The van der Waals surface area contributed by atoms with Crippen LogP contribution in [0.5, 0.6) is 0 Å². The molecule has 3 heterocycles. The monoisotopic (exact) mass is 412 g/mol. The van der Waals surface area contributed by atoms with Gasteiger partial charge in [0, 0.05) is 42.3 Å². The van der Waals surface area contributed by atoms with Crippen molar-refractivity contribution in [3.05, 3.63) is 57.9 Å². The Kier molecular flexibility index (Phi) is 5.24. The Hall–Kier alpha value is -2.93. The van der Waals surface area contributed by atoms with Crippen LogP contribution in [0.2, 0.25) is 5.02 Å². The number of aryl methyl sites for hydroxylation is 1. The van der Waals surface area contributed by atoms with Crippen molar-refractivity contribution in [2.75, 3.05) is 20.1 Å². The smallest absolute Gasteiger partial charge is 0.259 e. The Balaban J connectivity index is 1.66. The summed E-state index contributed by atoms with van der Waals surface area (Å²) in [5.41, 5.74) is 2.80. The van der Waals surface area contributed by atoms with Crippen LogP contribution in [0.3, 0.4) is 0 Å². The third-order valence-corrected chi connectivity index (χ3v) is 5.51. The van der Waals surface area contributed by atoms with E-state index in [-0.39, 0.29) is 17.7 Å². The van der Waals surface area contributed by atoms with Gasteiger partial charge in [-0.1, -0.05) is 16.8 Å². The van der Waals surface area contributed by atoms with Gasteiger partial charge >= 0.3 is 0 Å². The highest BCUT2D eigenvalue weighted by Crippen LogP contribution is 2.33. The van der Waals surface area contributed by atoms with Crippen molar-refractivity contribution in [2.45, 2.75) is 25.7 Å². The first-order chi connectivity index (χ1) is 14.0. The van der Waals surface area contributed by atoms with E-state index in [4.69, 9.17) is 16.1 Å². The molecule has 1 aliphatic heterocycles. The van der Waals surface area contributed by atoms with E-state index >= 15 is 0 Å². The molecule has 2 amide bonds. The van der Waals surface area contributed by atoms with Crippen molar-refractivity contribution in [3.63, 3.8) is 0 Å². The molecule has 0 spiro atoms. The summed E-state index contributed by atoms with van der Waals surface area (Å²) in [6.45, 7) is 2.98. The van der Waals surface area contributed by atoms with E-state index in [1.165, 1.54) is 0 Å². The fourth-order valence-electron chi connectivity index (χ4n) is 3.85. The van der Waals surface area contributed by atoms with Gasteiger partial charge in [0.05, 0.1) is 16.6 Å². The van der Waals surface area contributed by atoms with Gasteiger partial charge < -0.3 is 14.7 Å². The molecular weight excluding hydrogens is 392 g/mol. The molecule has 3 aromatic rings. The molecule has 2 aromatic heterocycles. The van der Waals surface area contributed by atoms with E-state index in [1.807, 2.05) is 4.90 Å². The predicted molar refractivity (Wildman–Crippen MR) is 109 cm³/mol. The molecular formula is C21H21ClN4O3. The summed E-state index contributed by atoms with van der Waals surface area (Å²) in [5.74, 6) is -0.288. The molecule has 1 saturated heterocycles. The van der Waals surface area contributed by atoms with Crippen molar-refractivity contribution < 1.29 is 14.1 Å². The zero-order valence-electron chi connectivity index (χ0n) is 16.2. The highest BCUT2D eigenvalue weighted by molar-refractivity contribution is 6.30. The van der Waals surface area contributed by atoms with Crippen molar-refractivity contribution in [1.29, 1.82) is 0 Å². The van der Waals surface area contributed by atoms with Crippen molar-refractivity contribution in [1.82, 2.24) is 20.4 Å². The van der Waals surface area contributed by atoms with Gasteiger partial charge in [0.2, 0.25) is 0 Å². The molecule has 150 valence electrons. The number of carbonyl (C=O) groups is 2. The molecule has 1 unspecified atom stereocenters. The Labute approximate surface area is 173 Å². The number of piperidine rings is 1. The van der Waals surface area contributed by atoms with Crippen LogP contribution in [0.1, 0.15) is 50.9 Å². The SMILES string of the molecule is CNC(=O)c1cc(C)nc2onc(C3CCCN(C(=O)c4ccc(Cl)cc4)C3)c12. The highest BCUT2D eigenvalue weighted by Gasteiger charge is 2.31. The quantitative estimate of drug-likeness (QED) is 0.710. The zero-order chi connectivity index (χ0) is 20.5. The van der Waals surface area contributed by atoms with Crippen LogP contribution in [0.15, 0.2) is 34.9 Å². The number of benzene rings is 1. The maximum absolute atomic E-state index is 12.9. The average molecular weight is 413 g/mol. The summed E-state index contributed by atoms with van der Waals surface area (Å²) in [7, 11) is 1.59. The number of hydrogen-bond donors (Lipinski definition) is 1. The van der Waals surface area contributed by atoms with E-state index in [9.17, 15) is 9.59 Å². The Morgan fingerprint density at radius 2 is 2.03 bits per heavy atom. The molecule has 29 heavy (non-hydrogen) atoms. The molecule has 0 saturated carbocycles. The molecule has 1 aromatic carbocycles. The fraction of sp³-hybridized carbons (Fsp3) is 0.333. The topological polar surface area (TPSA) is 88.3 Å². The van der Waals surface area contributed by atoms with Crippen LogP contribution in [0, 0.1) is 6.92 Å². The second-order valence-corrected chi connectivity index (χ2v) is 7.67. The van der Waals surface area contributed by atoms with Crippen LogP contribution < -0.4 is 5.32 Å². The number of carbonyl (C=O) groups excluding carboxylic acids is 2. The lowest BCUT2D eigenvalue weighted by molar-refractivity contribution is 0.0704. The second kappa shape index (κ2) is 7.83. The van der Waals surface area contributed by atoms with Crippen molar-refractivity contribution in [3.8, 4) is 0 Å². The molecule has 0 aliphatic carbocycles. The lowest BCUT2D eigenvalue weighted by Gasteiger charge is -2.32. The predicted octanol–water partition coefficient (Wildman–Crippen LogP) is 3.56. The molecule has 0 radical (unpaired) electrons. The zero-order valence-corrected chi connectivity index (χ0v) is 17.0. The number of amides is 2. The maximum Gasteiger partial charge on any atom is 0.259 e. The van der Waals surface area contributed by atoms with Gasteiger partial charge in [-0.25, -0.2) is 4.98 Å². The van der Waals surface area contributed by atoms with Crippen LogP contribution in [0.4, 0.5) is 0 Å². The molecule has 1 N–H and O–H groups in total. The first-order valence-corrected chi connectivity index (χ1v) is 9.89. The number of rotatable bonds is 3.